The minimum atomic E-state index is 0.139. The molecule has 0 atom stereocenters. The van der Waals surface area contributed by atoms with Crippen molar-refractivity contribution in [3.8, 4) is 6.01 Å². The van der Waals surface area contributed by atoms with Crippen molar-refractivity contribution in [1.82, 2.24) is 15.0 Å². The van der Waals surface area contributed by atoms with Gasteiger partial charge in [-0.3, -0.25) is 0 Å². The molecule has 0 saturated heterocycles. The molecule has 0 aliphatic heterocycles. The predicted molar refractivity (Wildman–Crippen MR) is 79.7 cm³/mol. The molecule has 1 aliphatic rings. The van der Waals surface area contributed by atoms with E-state index in [0.29, 0.717) is 19.1 Å². The van der Waals surface area contributed by atoms with Crippen molar-refractivity contribution < 1.29 is 4.74 Å². The molecular formula is C13H15ClN4OS. The molecule has 3 rings (SSSR count). The summed E-state index contributed by atoms with van der Waals surface area (Å²) in [5.74, 6) is 0.446. The first-order valence-electron chi connectivity index (χ1n) is 6.63. The zero-order valence-electron chi connectivity index (χ0n) is 11.1. The molecule has 20 heavy (non-hydrogen) atoms. The number of rotatable bonds is 5. The summed E-state index contributed by atoms with van der Waals surface area (Å²) in [5, 5.41) is 3.31. The van der Waals surface area contributed by atoms with E-state index >= 15 is 0 Å². The maximum Gasteiger partial charge on any atom is 0.322 e. The molecule has 1 N–H and O–H groups in total. The van der Waals surface area contributed by atoms with Gasteiger partial charge in [-0.05, 0) is 49.4 Å². The minimum Gasteiger partial charge on any atom is -0.464 e. The van der Waals surface area contributed by atoms with E-state index in [1.807, 2.05) is 18.3 Å². The van der Waals surface area contributed by atoms with Crippen LogP contribution in [-0.4, -0.2) is 21.6 Å². The summed E-state index contributed by atoms with van der Waals surface area (Å²) < 4.78 is 5.25. The van der Waals surface area contributed by atoms with Crippen molar-refractivity contribution in [2.75, 3.05) is 11.9 Å². The number of nitrogens with one attached hydrogen (secondary N) is 1. The first-order valence-corrected chi connectivity index (χ1v) is 7.82. The van der Waals surface area contributed by atoms with Gasteiger partial charge in [-0.15, -0.1) is 11.3 Å². The first kappa shape index (κ1) is 13.6. The third kappa shape index (κ3) is 3.02. The lowest BCUT2D eigenvalue weighted by molar-refractivity contribution is 0.312. The molecule has 2 aromatic rings. The second-order valence-corrected chi connectivity index (χ2v) is 6.07. The van der Waals surface area contributed by atoms with Crippen LogP contribution in [0, 0.1) is 0 Å². The van der Waals surface area contributed by atoms with Gasteiger partial charge >= 0.3 is 6.01 Å². The predicted octanol–water partition coefficient (Wildman–Crippen LogP) is 3.09. The zero-order chi connectivity index (χ0) is 13.9. The van der Waals surface area contributed by atoms with Crippen LogP contribution in [0.2, 0.25) is 5.28 Å². The highest BCUT2D eigenvalue weighted by molar-refractivity contribution is 7.12. The van der Waals surface area contributed by atoms with Crippen molar-refractivity contribution in [2.24, 2.45) is 0 Å². The minimum absolute atomic E-state index is 0.139. The molecule has 0 fully saturated rings. The van der Waals surface area contributed by atoms with Gasteiger partial charge in [0.2, 0.25) is 11.2 Å². The molecule has 7 heteroatoms. The molecule has 1 aliphatic carbocycles. The smallest absolute Gasteiger partial charge is 0.322 e. The Balaban J connectivity index is 1.68. The monoisotopic (exact) mass is 310 g/mol. The van der Waals surface area contributed by atoms with Crippen molar-refractivity contribution >= 4 is 28.9 Å². The number of aromatic nitrogens is 3. The van der Waals surface area contributed by atoms with E-state index in [1.165, 1.54) is 34.6 Å². The van der Waals surface area contributed by atoms with Gasteiger partial charge < -0.3 is 10.1 Å². The summed E-state index contributed by atoms with van der Waals surface area (Å²) in [5.41, 5.74) is 1.50. The van der Waals surface area contributed by atoms with Crippen LogP contribution in [0.3, 0.4) is 0 Å². The van der Waals surface area contributed by atoms with Gasteiger partial charge in [-0.1, -0.05) is 0 Å². The number of thiophene rings is 1. The van der Waals surface area contributed by atoms with Gasteiger partial charge in [0, 0.05) is 9.75 Å². The van der Waals surface area contributed by atoms with E-state index in [-0.39, 0.29) is 11.3 Å². The topological polar surface area (TPSA) is 59.9 Å². The SMILES string of the molecule is CCOc1nc(Cl)nc(NCc2cc3c(s2)CCC3)n1. The Hall–Kier alpha value is -1.40. The Labute approximate surface area is 126 Å². The second-order valence-electron chi connectivity index (χ2n) is 4.51. The Bertz CT molecular complexity index is 595. The van der Waals surface area contributed by atoms with Gasteiger partial charge in [0.1, 0.15) is 0 Å². The fourth-order valence-corrected chi connectivity index (χ4v) is 3.60. The Morgan fingerprint density at radius 3 is 3.05 bits per heavy atom. The number of ether oxygens (including phenoxy) is 1. The molecule has 0 radical (unpaired) electrons. The van der Waals surface area contributed by atoms with E-state index in [2.05, 4.69) is 26.3 Å². The van der Waals surface area contributed by atoms with Crippen molar-refractivity contribution in [1.29, 1.82) is 0 Å². The molecule has 5 nitrogen and oxygen atoms in total. The molecule has 0 unspecified atom stereocenters. The second kappa shape index (κ2) is 5.93. The maximum absolute atomic E-state index is 5.85. The summed E-state index contributed by atoms with van der Waals surface area (Å²) in [6.45, 7) is 3.07. The molecule has 2 aromatic heterocycles. The number of hydrogen-bond donors (Lipinski definition) is 1. The van der Waals surface area contributed by atoms with Gasteiger partial charge in [-0.25, -0.2) is 0 Å². The summed E-state index contributed by atoms with van der Waals surface area (Å²) in [7, 11) is 0. The number of aryl methyl sites for hydroxylation is 2. The van der Waals surface area contributed by atoms with E-state index in [9.17, 15) is 0 Å². The average Bonchev–Trinajstić information content (AvgIpc) is 2.96. The highest BCUT2D eigenvalue weighted by Crippen LogP contribution is 2.30. The van der Waals surface area contributed by atoms with Crippen LogP contribution in [-0.2, 0) is 19.4 Å². The molecule has 2 heterocycles. The van der Waals surface area contributed by atoms with E-state index in [0.717, 1.165) is 0 Å². The largest absolute Gasteiger partial charge is 0.464 e. The summed E-state index contributed by atoms with van der Waals surface area (Å²) in [6.07, 6.45) is 3.71. The normalized spacial score (nSPS) is 13.3. The van der Waals surface area contributed by atoms with Gasteiger partial charge in [0.25, 0.3) is 0 Å². The quantitative estimate of drug-likeness (QED) is 0.919. The van der Waals surface area contributed by atoms with Crippen LogP contribution in [0.25, 0.3) is 0 Å². The Morgan fingerprint density at radius 2 is 2.25 bits per heavy atom. The lowest BCUT2D eigenvalue weighted by atomic mass is 10.2. The number of fused-ring (bicyclic) bond motifs is 1. The van der Waals surface area contributed by atoms with E-state index < -0.39 is 0 Å². The third-order valence-electron chi connectivity index (χ3n) is 3.08. The molecule has 0 aromatic carbocycles. The fraction of sp³-hybridized carbons (Fsp3) is 0.462. The van der Waals surface area contributed by atoms with Crippen molar-refractivity contribution in [2.45, 2.75) is 32.7 Å². The first-order chi connectivity index (χ1) is 9.74. The van der Waals surface area contributed by atoms with Crippen molar-refractivity contribution in [3.63, 3.8) is 0 Å². The summed E-state index contributed by atoms with van der Waals surface area (Å²) >= 11 is 7.71. The standard InChI is InChI=1S/C13H15ClN4OS/c1-2-19-13-17-11(14)16-12(18-13)15-7-9-6-8-4-3-5-10(8)20-9/h6H,2-5,7H2,1H3,(H,15,16,17,18). The van der Waals surface area contributed by atoms with Crippen LogP contribution in [0.1, 0.15) is 28.7 Å². The van der Waals surface area contributed by atoms with E-state index in [4.69, 9.17) is 16.3 Å². The summed E-state index contributed by atoms with van der Waals surface area (Å²) in [4.78, 5) is 14.9. The number of hydrogen-bond acceptors (Lipinski definition) is 6. The van der Waals surface area contributed by atoms with Crippen LogP contribution < -0.4 is 10.1 Å². The van der Waals surface area contributed by atoms with Crippen LogP contribution in [0.15, 0.2) is 6.07 Å². The Kier molecular flexibility index (Phi) is 4.03. The molecule has 0 spiro atoms. The van der Waals surface area contributed by atoms with Gasteiger partial charge in [-0.2, -0.15) is 15.0 Å². The van der Waals surface area contributed by atoms with E-state index in [1.54, 1.807) is 0 Å². The summed E-state index contributed by atoms with van der Waals surface area (Å²) in [6, 6.07) is 2.52. The highest BCUT2D eigenvalue weighted by Gasteiger charge is 2.15. The van der Waals surface area contributed by atoms with Crippen LogP contribution >= 0.6 is 22.9 Å². The molecule has 0 saturated carbocycles. The number of halogens is 1. The molecule has 0 amide bonds. The lowest BCUT2D eigenvalue weighted by Crippen LogP contribution is -2.06. The third-order valence-corrected chi connectivity index (χ3v) is 4.49. The number of nitrogens with zero attached hydrogens (tertiary/aromatic N) is 3. The fourth-order valence-electron chi connectivity index (χ4n) is 2.25. The molecule has 106 valence electrons. The number of anilines is 1. The lowest BCUT2D eigenvalue weighted by Gasteiger charge is -2.05. The van der Waals surface area contributed by atoms with Crippen LogP contribution in [0.4, 0.5) is 5.95 Å². The Morgan fingerprint density at radius 1 is 1.35 bits per heavy atom. The van der Waals surface area contributed by atoms with Gasteiger partial charge in [0.05, 0.1) is 13.2 Å². The highest BCUT2D eigenvalue weighted by atomic mass is 35.5. The molecule has 0 bridgehead atoms. The molecular weight excluding hydrogens is 296 g/mol. The van der Waals surface area contributed by atoms with Crippen molar-refractivity contribution in [3.05, 3.63) is 26.7 Å². The van der Waals surface area contributed by atoms with Crippen LogP contribution in [0.5, 0.6) is 6.01 Å². The maximum atomic E-state index is 5.85. The van der Waals surface area contributed by atoms with Gasteiger partial charge in [0.15, 0.2) is 0 Å². The zero-order valence-corrected chi connectivity index (χ0v) is 12.7. The average molecular weight is 311 g/mol.